The van der Waals surface area contributed by atoms with Gasteiger partial charge in [0.2, 0.25) is 0 Å². The Hall–Kier alpha value is 1.40. The second-order valence-corrected chi connectivity index (χ2v) is 2.51. The monoisotopic (exact) mass is 280 g/mol. The van der Waals surface area contributed by atoms with Gasteiger partial charge in [-0.15, -0.1) is 0 Å². The van der Waals surface area contributed by atoms with Crippen LogP contribution < -0.4 is 51.4 Å². The average Bonchev–Trinajstić information content (AvgIpc) is 2.12. The molecule has 0 saturated heterocycles. The van der Waals surface area contributed by atoms with E-state index in [1.54, 1.807) is 0 Å². The minimum Gasteiger partial charge on any atom is -0.479 e. The zero-order valence-corrected chi connectivity index (χ0v) is 13.0. The first-order chi connectivity index (χ1) is 5.91. The Morgan fingerprint density at radius 1 is 1.06 bits per heavy atom. The maximum atomic E-state index is 10.1. The summed E-state index contributed by atoms with van der Waals surface area (Å²) in [6, 6.07) is 0. The van der Waals surface area contributed by atoms with Crippen molar-refractivity contribution in [2.75, 3.05) is 6.61 Å². The molecule has 0 rings (SSSR count). The molecule has 0 aliphatic rings. The Bertz CT molecular complexity index is 182. The van der Waals surface area contributed by atoms with Crippen LogP contribution in [0.25, 0.3) is 0 Å². The molecule has 8 nitrogen and oxygen atoms in total. The fourth-order valence-corrected chi connectivity index (χ4v) is 0.668. The van der Waals surface area contributed by atoms with Crippen LogP contribution in [0.4, 0.5) is 0 Å². The minimum atomic E-state index is -2.20. The summed E-state index contributed by atoms with van der Waals surface area (Å²) >= 11 is 0. The van der Waals surface area contributed by atoms with Crippen LogP contribution in [0, 0.1) is 0 Å². The number of carboxylic acids is 1. The summed E-state index contributed by atoms with van der Waals surface area (Å²) in [5.74, 6) is -1.73. The van der Waals surface area contributed by atoms with Gasteiger partial charge in [0.05, 0.1) is 6.61 Å². The molecular formula is C6H14AlKO8+4. The predicted octanol–water partition coefficient (Wildman–Crippen LogP) is -7.69. The zero-order chi connectivity index (χ0) is 10.6. The molecule has 0 amide bonds. The van der Waals surface area contributed by atoms with Crippen molar-refractivity contribution >= 4 is 23.3 Å². The van der Waals surface area contributed by atoms with E-state index in [2.05, 4.69) is 0 Å². The molecule has 86 valence electrons. The quantitative estimate of drug-likeness (QED) is 0.271. The normalized spacial score (nSPS) is 16.6. The van der Waals surface area contributed by atoms with E-state index < -0.39 is 37.0 Å². The first kappa shape index (κ1) is 26.1. The molecule has 0 spiro atoms. The van der Waals surface area contributed by atoms with Crippen LogP contribution in [-0.2, 0) is 4.79 Å². The molecule has 0 aromatic heterocycles. The van der Waals surface area contributed by atoms with Crippen LogP contribution >= 0.6 is 0 Å². The molecule has 0 fully saturated rings. The summed E-state index contributed by atoms with van der Waals surface area (Å²) in [6.07, 6.45) is -7.84. The second kappa shape index (κ2) is 12.8. The molecule has 0 heterocycles. The number of rotatable bonds is 5. The van der Waals surface area contributed by atoms with Crippen molar-refractivity contribution < 1.29 is 92.3 Å². The van der Waals surface area contributed by atoms with Crippen molar-refractivity contribution in [2.45, 2.75) is 24.4 Å². The molecule has 0 aliphatic heterocycles. The van der Waals surface area contributed by atoms with Crippen LogP contribution in [0.3, 0.4) is 0 Å². The van der Waals surface area contributed by atoms with E-state index in [9.17, 15) is 4.79 Å². The van der Waals surface area contributed by atoms with Gasteiger partial charge in [0, 0.05) is 0 Å². The van der Waals surface area contributed by atoms with Crippen molar-refractivity contribution in [3.63, 3.8) is 0 Å². The molecule has 4 unspecified atom stereocenters. The third-order valence-corrected chi connectivity index (χ3v) is 1.51. The van der Waals surface area contributed by atoms with Crippen molar-refractivity contribution in [2.24, 2.45) is 0 Å². The Balaban J connectivity index is -0.000000240. The maximum absolute atomic E-state index is 10.1. The largest absolute Gasteiger partial charge is 3.00 e. The Morgan fingerprint density at radius 3 is 1.69 bits per heavy atom. The molecule has 0 saturated carbocycles. The Kier molecular flexibility index (Phi) is 20.9. The smallest absolute Gasteiger partial charge is 0.479 e. The number of aliphatic carboxylic acids is 1. The van der Waals surface area contributed by atoms with Crippen molar-refractivity contribution in [1.82, 2.24) is 0 Å². The van der Waals surface area contributed by atoms with Crippen molar-refractivity contribution in [1.29, 1.82) is 0 Å². The van der Waals surface area contributed by atoms with Gasteiger partial charge in [-0.05, 0) is 0 Å². The van der Waals surface area contributed by atoms with Gasteiger partial charge in [0.15, 0.2) is 6.10 Å². The van der Waals surface area contributed by atoms with Gasteiger partial charge in [-0.2, -0.15) is 0 Å². The van der Waals surface area contributed by atoms with E-state index in [1.807, 2.05) is 0 Å². The Labute approximate surface area is 145 Å². The molecule has 0 bridgehead atoms. The molecule has 0 aromatic carbocycles. The molecular weight excluding hydrogens is 266 g/mol. The van der Waals surface area contributed by atoms with E-state index in [0.717, 1.165) is 0 Å². The molecule has 4 atom stereocenters. The van der Waals surface area contributed by atoms with E-state index in [1.165, 1.54) is 0 Å². The molecule has 0 aromatic rings. The third kappa shape index (κ3) is 8.48. The van der Waals surface area contributed by atoms with Crippen molar-refractivity contribution in [3.05, 3.63) is 0 Å². The standard InChI is InChI=1S/C6H12O7.Al.K.H2O/c7-1-2(8)3(9)4(10)5(11)6(12)13;;;/h2-5,7-11H,1H2,(H,12,13);;;1H2/q;+3;+1;. The number of aliphatic hydroxyl groups excluding tert-OH is 5. The van der Waals surface area contributed by atoms with Gasteiger partial charge < -0.3 is 36.1 Å². The third-order valence-electron chi connectivity index (χ3n) is 1.51. The molecule has 8 N–H and O–H groups in total. The molecule has 0 radical (unpaired) electrons. The molecule has 16 heavy (non-hydrogen) atoms. The number of carbonyl (C=O) groups is 1. The van der Waals surface area contributed by atoms with E-state index in [0.29, 0.717) is 0 Å². The fourth-order valence-electron chi connectivity index (χ4n) is 0.668. The fraction of sp³-hybridized carbons (Fsp3) is 0.833. The average molecular weight is 280 g/mol. The zero-order valence-electron chi connectivity index (χ0n) is 8.69. The van der Waals surface area contributed by atoms with Gasteiger partial charge >= 0.3 is 74.7 Å². The number of carboxylic acid groups (broad SMARTS) is 1. The van der Waals surface area contributed by atoms with Gasteiger partial charge in [-0.3, -0.25) is 0 Å². The van der Waals surface area contributed by atoms with E-state index in [-0.39, 0.29) is 74.2 Å². The van der Waals surface area contributed by atoms with Crippen LogP contribution in [-0.4, -0.2) is 90.5 Å². The maximum Gasteiger partial charge on any atom is 3.00 e. The SMILES string of the molecule is O.O=C(O)C(O)C(O)C(O)C(O)CO.[Al+3].[K+]. The van der Waals surface area contributed by atoms with Gasteiger partial charge in [0.25, 0.3) is 0 Å². The van der Waals surface area contributed by atoms with Crippen molar-refractivity contribution in [3.8, 4) is 0 Å². The summed E-state index contributed by atoms with van der Waals surface area (Å²) in [5.41, 5.74) is 0. The van der Waals surface area contributed by atoms with Crippen LogP contribution in [0.15, 0.2) is 0 Å². The van der Waals surface area contributed by atoms with E-state index in [4.69, 9.17) is 30.6 Å². The topological polar surface area (TPSA) is 170 Å². The summed E-state index contributed by atoms with van der Waals surface area (Å²) in [6.45, 7) is -0.843. The number of hydrogen-bond acceptors (Lipinski definition) is 6. The Morgan fingerprint density at radius 2 is 1.44 bits per heavy atom. The summed E-state index contributed by atoms with van der Waals surface area (Å²) in [7, 11) is 0. The van der Waals surface area contributed by atoms with Gasteiger partial charge in [-0.1, -0.05) is 0 Å². The first-order valence-corrected chi connectivity index (χ1v) is 3.47. The number of aliphatic hydroxyl groups is 5. The van der Waals surface area contributed by atoms with Crippen LogP contribution in [0.1, 0.15) is 0 Å². The summed E-state index contributed by atoms with van der Waals surface area (Å²) < 4.78 is 0. The molecule has 10 heteroatoms. The summed E-state index contributed by atoms with van der Waals surface area (Å²) in [4.78, 5) is 10.1. The second-order valence-electron chi connectivity index (χ2n) is 2.51. The van der Waals surface area contributed by atoms with Gasteiger partial charge in [0.1, 0.15) is 18.3 Å². The first-order valence-electron chi connectivity index (χ1n) is 3.47. The van der Waals surface area contributed by atoms with Crippen LogP contribution in [0.5, 0.6) is 0 Å². The minimum absolute atomic E-state index is 0. The van der Waals surface area contributed by atoms with Gasteiger partial charge in [-0.25, -0.2) is 4.79 Å². The van der Waals surface area contributed by atoms with E-state index >= 15 is 0 Å². The van der Waals surface area contributed by atoms with Crippen LogP contribution in [0.2, 0.25) is 0 Å². The summed E-state index contributed by atoms with van der Waals surface area (Å²) in [5, 5.41) is 51.8. The number of hydrogen-bond donors (Lipinski definition) is 6. The molecule has 0 aliphatic carbocycles. The predicted molar refractivity (Wildman–Crippen MR) is 48.1 cm³/mol.